The molecule has 0 spiro atoms. The molecule has 0 aliphatic rings. The first kappa shape index (κ1) is 19.9. The molecule has 0 atom stereocenters. The van der Waals surface area contributed by atoms with E-state index < -0.39 is 0 Å². The van der Waals surface area contributed by atoms with Crippen molar-refractivity contribution in [3.63, 3.8) is 0 Å². The second kappa shape index (κ2) is 9.39. The third-order valence-corrected chi connectivity index (χ3v) is 5.43. The highest BCUT2D eigenvalue weighted by atomic mass is 16.5. The van der Waals surface area contributed by atoms with Crippen LogP contribution in [0, 0.1) is 0 Å². The topological polar surface area (TPSA) is 76.6 Å². The minimum Gasteiger partial charge on any atom is -0.487 e. The van der Waals surface area contributed by atoms with E-state index >= 15 is 0 Å². The maximum absolute atomic E-state index is 6.01. The lowest BCUT2D eigenvalue weighted by Gasteiger charge is -2.09. The van der Waals surface area contributed by atoms with E-state index in [0.29, 0.717) is 12.4 Å². The van der Waals surface area contributed by atoms with Gasteiger partial charge in [0.25, 0.3) is 0 Å². The van der Waals surface area contributed by atoms with Crippen molar-refractivity contribution in [2.24, 2.45) is 0 Å². The second-order valence-electron chi connectivity index (χ2n) is 7.72. The SMILES string of the molecule is c1cc(CCCc2ccc(-c3nn[nH]n3)cc2)cc(OCc2ccc3ccccc3n2)c1. The van der Waals surface area contributed by atoms with Crippen LogP contribution in [0.2, 0.25) is 0 Å². The van der Waals surface area contributed by atoms with Crippen molar-refractivity contribution < 1.29 is 4.74 Å². The Bertz CT molecular complexity index is 1300. The number of nitrogens with zero attached hydrogens (tertiary/aromatic N) is 4. The summed E-state index contributed by atoms with van der Waals surface area (Å²) >= 11 is 0. The van der Waals surface area contributed by atoms with Gasteiger partial charge in [0.1, 0.15) is 12.4 Å². The smallest absolute Gasteiger partial charge is 0.204 e. The zero-order chi connectivity index (χ0) is 21.6. The highest BCUT2D eigenvalue weighted by Crippen LogP contribution is 2.19. The molecule has 0 amide bonds. The van der Waals surface area contributed by atoms with Gasteiger partial charge in [0, 0.05) is 10.9 Å². The quantitative estimate of drug-likeness (QED) is 0.374. The predicted molar refractivity (Wildman–Crippen MR) is 124 cm³/mol. The first-order chi connectivity index (χ1) is 15.8. The predicted octanol–water partition coefficient (Wildman–Crippen LogP) is 5.17. The van der Waals surface area contributed by atoms with Gasteiger partial charge in [-0.1, -0.05) is 60.7 Å². The highest BCUT2D eigenvalue weighted by molar-refractivity contribution is 5.78. The Morgan fingerprint density at radius 1 is 0.781 bits per heavy atom. The molecule has 0 aliphatic heterocycles. The summed E-state index contributed by atoms with van der Waals surface area (Å²) in [5.41, 5.74) is 5.46. The lowest BCUT2D eigenvalue weighted by molar-refractivity contribution is 0.301. The Balaban J connectivity index is 1.14. The third-order valence-electron chi connectivity index (χ3n) is 5.43. The Kier molecular flexibility index (Phi) is 5.83. The zero-order valence-corrected chi connectivity index (χ0v) is 17.6. The van der Waals surface area contributed by atoms with Gasteiger partial charge in [-0.2, -0.15) is 5.21 Å². The van der Waals surface area contributed by atoms with E-state index in [4.69, 9.17) is 4.74 Å². The molecule has 5 aromatic rings. The standard InChI is InChI=1S/C26H23N5O/c1-2-10-25-21(8-1)15-16-23(27-25)18-32-24-9-4-7-20(17-24)6-3-5-19-11-13-22(14-12-19)26-28-30-31-29-26/h1-2,4,7-17H,3,5-6,18H2,(H,28,29,30,31). The van der Waals surface area contributed by atoms with E-state index in [1.807, 2.05) is 42.5 Å². The van der Waals surface area contributed by atoms with E-state index in [2.05, 4.69) is 68.1 Å². The number of pyridine rings is 1. The lowest BCUT2D eigenvalue weighted by atomic mass is 10.0. The summed E-state index contributed by atoms with van der Waals surface area (Å²) < 4.78 is 6.01. The van der Waals surface area contributed by atoms with Crippen molar-refractivity contribution in [1.82, 2.24) is 25.6 Å². The number of benzene rings is 3. The van der Waals surface area contributed by atoms with Crippen LogP contribution in [-0.2, 0) is 19.4 Å². The number of hydrogen-bond donors (Lipinski definition) is 1. The molecule has 3 aromatic carbocycles. The Morgan fingerprint density at radius 2 is 1.66 bits per heavy atom. The fraction of sp³-hybridized carbons (Fsp3) is 0.154. The Morgan fingerprint density at radius 3 is 2.53 bits per heavy atom. The van der Waals surface area contributed by atoms with Crippen molar-refractivity contribution in [3.8, 4) is 17.1 Å². The van der Waals surface area contributed by atoms with E-state index in [9.17, 15) is 0 Å². The van der Waals surface area contributed by atoms with Crippen molar-refractivity contribution in [2.45, 2.75) is 25.9 Å². The van der Waals surface area contributed by atoms with Crippen LogP contribution < -0.4 is 4.74 Å². The molecule has 0 aliphatic carbocycles. The molecule has 1 N–H and O–H groups in total. The van der Waals surface area contributed by atoms with Crippen LogP contribution in [0.3, 0.4) is 0 Å². The first-order valence-electron chi connectivity index (χ1n) is 10.7. The van der Waals surface area contributed by atoms with Crippen LogP contribution in [0.1, 0.15) is 23.2 Å². The third kappa shape index (κ3) is 4.81. The molecular weight excluding hydrogens is 398 g/mol. The average molecular weight is 422 g/mol. The molecule has 0 bridgehead atoms. The van der Waals surface area contributed by atoms with Crippen LogP contribution in [0.4, 0.5) is 0 Å². The van der Waals surface area contributed by atoms with E-state index in [0.717, 1.165) is 47.2 Å². The summed E-state index contributed by atoms with van der Waals surface area (Å²) in [4.78, 5) is 4.68. The molecule has 6 nitrogen and oxygen atoms in total. The number of aromatic amines is 1. The second-order valence-corrected chi connectivity index (χ2v) is 7.72. The van der Waals surface area contributed by atoms with Crippen LogP contribution in [0.5, 0.6) is 5.75 Å². The van der Waals surface area contributed by atoms with Gasteiger partial charge in [-0.3, -0.25) is 0 Å². The number of nitrogens with one attached hydrogen (secondary N) is 1. The van der Waals surface area contributed by atoms with Gasteiger partial charge >= 0.3 is 0 Å². The molecule has 5 rings (SSSR count). The number of fused-ring (bicyclic) bond motifs is 1. The summed E-state index contributed by atoms with van der Waals surface area (Å²) in [6.07, 6.45) is 3.08. The van der Waals surface area contributed by atoms with Crippen LogP contribution in [0.15, 0.2) is 84.9 Å². The monoisotopic (exact) mass is 421 g/mol. The number of aryl methyl sites for hydroxylation is 2. The van der Waals surface area contributed by atoms with E-state index in [-0.39, 0.29) is 0 Å². The molecule has 0 radical (unpaired) electrons. The number of para-hydroxylation sites is 1. The lowest BCUT2D eigenvalue weighted by Crippen LogP contribution is -1.99. The van der Waals surface area contributed by atoms with Gasteiger partial charge in [-0.05, 0) is 59.9 Å². The van der Waals surface area contributed by atoms with E-state index in [1.54, 1.807) is 0 Å². The van der Waals surface area contributed by atoms with Crippen molar-refractivity contribution >= 4 is 10.9 Å². The molecule has 0 fully saturated rings. The summed E-state index contributed by atoms with van der Waals surface area (Å²) in [6.45, 7) is 0.459. The molecule has 0 saturated heterocycles. The van der Waals surface area contributed by atoms with Gasteiger partial charge in [0.2, 0.25) is 5.82 Å². The first-order valence-corrected chi connectivity index (χ1v) is 10.7. The Hall–Kier alpha value is -4.06. The van der Waals surface area contributed by atoms with Crippen molar-refractivity contribution in [2.75, 3.05) is 0 Å². The molecule has 158 valence electrons. The fourth-order valence-corrected chi connectivity index (χ4v) is 3.74. The van der Waals surface area contributed by atoms with Crippen LogP contribution >= 0.6 is 0 Å². The van der Waals surface area contributed by atoms with Gasteiger partial charge in [0.15, 0.2) is 0 Å². The zero-order valence-electron chi connectivity index (χ0n) is 17.6. The van der Waals surface area contributed by atoms with Crippen molar-refractivity contribution in [3.05, 3.63) is 102 Å². The van der Waals surface area contributed by atoms with Crippen LogP contribution in [0.25, 0.3) is 22.3 Å². The normalized spacial score (nSPS) is 11.0. The number of tetrazole rings is 1. The van der Waals surface area contributed by atoms with Crippen LogP contribution in [-0.4, -0.2) is 25.6 Å². The van der Waals surface area contributed by atoms with Gasteiger partial charge in [0.05, 0.1) is 11.2 Å². The molecule has 0 unspecified atom stereocenters. The average Bonchev–Trinajstić information content (AvgIpc) is 3.38. The number of H-pyrrole nitrogens is 1. The number of aromatic nitrogens is 5. The van der Waals surface area contributed by atoms with Gasteiger partial charge < -0.3 is 4.74 Å². The molecule has 0 saturated carbocycles. The minimum absolute atomic E-state index is 0.459. The van der Waals surface area contributed by atoms with Gasteiger partial charge in [-0.25, -0.2) is 4.98 Å². The van der Waals surface area contributed by atoms with E-state index in [1.165, 1.54) is 11.1 Å². The molecule has 2 aromatic heterocycles. The summed E-state index contributed by atoms with van der Waals surface area (Å²) in [5, 5.41) is 15.2. The fourth-order valence-electron chi connectivity index (χ4n) is 3.74. The molecule has 6 heteroatoms. The number of hydrogen-bond acceptors (Lipinski definition) is 5. The summed E-state index contributed by atoms with van der Waals surface area (Å²) in [5.74, 6) is 1.49. The summed E-state index contributed by atoms with van der Waals surface area (Å²) in [6, 6.07) is 28.9. The largest absolute Gasteiger partial charge is 0.487 e. The molecule has 32 heavy (non-hydrogen) atoms. The maximum atomic E-state index is 6.01. The molecular formula is C26H23N5O. The highest BCUT2D eigenvalue weighted by Gasteiger charge is 2.04. The number of ether oxygens (including phenoxy) is 1. The van der Waals surface area contributed by atoms with Crippen molar-refractivity contribution in [1.29, 1.82) is 0 Å². The van der Waals surface area contributed by atoms with Gasteiger partial charge in [-0.15, -0.1) is 10.2 Å². The number of rotatable bonds is 8. The Labute approximate surface area is 186 Å². The maximum Gasteiger partial charge on any atom is 0.204 e. The molecule has 2 heterocycles. The minimum atomic E-state index is 0.459. The summed E-state index contributed by atoms with van der Waals surface area (Å²) in [7, 11) is 0.